The maximum Gasteiger partial charge on any atom is 0.461 e. The molecule has 8 heteroatoms. The summed E-state index contributed by atoms with van der Waals surface area (Å²) >= 11 is 5.42. The van der Waals surface area contributed by atoms with E-state index < -0.39 is 30.1 Å². The van der Waals surface area contributed by atoms with E-state index in [0.717, 1.165) is 18.2 Å². The van der Waals surface area contributed by atoms with Crippen molar-refractivity contribution in [1.29, 1.82) is 0 Å². The summed E-state index contributed by atoms with van der Waals surface area (Å²) in [5, 5.41) is -0.388. The summed E-state index contributed by atoms with van der Waals surface area (Å²) in [6.45, 7) is 0. The van der Waals surface area contributed by atoms with Crippen molar-refractivity contribution < 1.29 is 31.1 Å². The number of hydrogen-bond donors (Lipinski definition) is 0. The van der Waals surface area contributed by atoms with Crippen molar-refractivity contribution in [3.05, 3.63) is 34.6 Å². The molecule has 100 valence electrons. The van der Waals surface area contributed by atoms with Gasteiger partial charge in [-0.2, -0.15) is 22.0 Å². The molecule has 0 radical (unpaired) electrons. The van der Waals surface area contributed by atoms with Gasteiger partial charge < -0.3 is 0 Å². The largest absolute Gasteiger partial charge is 0.461 e. The lowest BCUT2D eigenvalue weighted by Crippen LogP contribution is -2.44. The molecule has 1 nitrogen and oxygen atoms in total. The molecular formula is C10H5ClF6O. The van der Waals surface area contributed by atoms with Crippen LogP contribution >= 0.6 is 11.6 Å². The van der Waals surface area contributed by atoms with Gasteiger partial charge >= 0.3 is 12.1 Å². The lowest BCUT2D eigenvalue weighted by Gasteiger charge is -2.18. The molecule has 0 amide bonds. The van der Waals surface area contributed by atoms with Crippen LogP contribution in [-0.2, 0) is 11.2 Å². The highest BCUT2D eigenvalue weighted by Gasteiger charge is 2.62. The molecule has 0 saturated heterocycles. The Balaban J connectivity index is 2.95. The van der Waals surface area contributed by atoms with Crippen LogP contribution in [0.2, 0.25) is 5.02 Å². The Kier molecular flexibility index (Phi) is 3.95. The summed E-state index contributed by atoms with van der Waals surface area (Å²) in [5.41, 5.74) is -0.299. The number of alkyl halides is 5. The minimum Gasteiger partial charge on any atom is -0.292 e. The summed E-state index contributed by atoms with van der Waals surface area (Å²) in [4.78, 5) is 10.9. The molecule has 0 bridgehead atoms. The molecule has 1 rings (SSSR count). The van der Waals surface area contributed by atoms with E-state index in [0.29, 0.717) is 0 Å². The molecule has 1 aromatic rings. The topological polar surface area (TPSA) is 17.1 Å². The molecule has 0 unspecified atom stereocenters. The highest BCUT2D eigenvalue weighted by molar-refractivity contribution is 6.31. The zero-order valence-electron chi connectivity index (χ0n) is 8.49. The summed E-state index contributed by atoms with van der Waals surface area (Å²) in [7, 11) is 0. The van der Waals surface area contributed by atoms with Crippen LogP contribution in [0, 0.1) is 5.82 Å². The van der Waals surface area contributed by atoms with E-state index in [4.69, 9.17) is 11.6 Å². The molecule has 0 atom stereocenters. The van der Waals surface area contributed by atoms with Gasteiger partial charge in [-0.25, -0.2) is 4.39 Å². The van der Waals surface area contributed by atoms with Gasteiger partial charge in [-0.05, 0) is 17.7 Å². The van der Waals surface area contributed by atoms with Crippen molar-refractivity contribution in [2.24, 2.45) is 0 Å². The fraction of sp³-hybridized carbons (Fsp3) is 0.300. The first-order chi connectivity index (χ1) is 8.05. The van der Waals surface area contributed by atoms with Crippen molar-refractivity contribution in [3.8, 4) is 0 Å². The first-order valence-electron chi connectivity index (χ1n) is 4.47. The molecule has 0 aliphatic rings. The number of Topliss-reactive ketones (excluding diaryl/α,β-unsaturated/α-hetero) is 1. The average molecular weight is 291 g/mol. The molecule has 18 heavy (non-hydrogen) atoms. The van der Waals surface area contributed by atoms with Gasteiger partial charge in [-0.3, -0.25) is 4.79 Å². The number of rotatable bonds is 3. The highest BCUT2D eigenvalue weighted by atomic mass is 35.5. The van der Waals surface area contributed by atoms with E-state index in [1.165, 1.54) is 0 Å². The molecule has 0 aromatic heterocycles. The lowest BCUT2D eigenvalue weighted by molar-refractivity contribution is -0.268. The highest BCUT2D eigenvalue weighted by Crippen LogP contribution is 2.37. The monoisotopic (exact) mass is 290 g/mol. The molecule has 0 N–H and O–H groups in total. The minimum atomic E-state index is -5.96. The maximum atomic E-state index is 12.6. The molecule has 0 aliphatic heterocycles. The first kappa shape index (κ1) is 14.8. The molecule has 0 aliphatic carbocycles. The van der Waals surface area contributed by atoms with Crippen LogP contribution in [0.25, 0.3) is 0 Å². The smallest absolute Gasteiger partial charge is 0.292 e. The van der Waals surface area contributed by atoms with E-state index >= 15 is 0 Å². The Bertz CT molecular complexity index is 468. The van der Waals surface area contributed by atoms with Crippen LogP contribution in [0.15, 0.2) is 18.2 Å². The predicted molar refractivity (Wildman–Crippen MR) is 51.1 cm³/mol. The summed E-state index contributed by atoms with van der Waals surface area (Å²) < 4.78 is 73.5. The number of ketones is 1. The van der Waals surface area contributed by atoms with Gasteiger partial charge in [0.2, 0.25) is 5.78 Å². The van der Waals surface area contributed by atoms with E-state index in [-0.39, 0.29) is 10.6 Å². The second kappa shape index (κ2) is 4.79. The standard InChI is InChI=1S/C10H5ClF6O/c11-7-4-6(12)2-1-5(7)3-8(18)9(13,14)10(15,16)17/h1-2,4H,3H2. The Morgan fingerprint density at radius 1 is 1.17 bits per heavy atom. The quantitative estimate of drug-likeness (QED) is 0.774. The maximum absolute atomic E-state index is 12.6. The molecule has 0 saturated carbocycles. The third-order valence-electron chi connectivity index (χ3n) is 2.07. The molecule has 1 aromatic carbocycles. The van der Waals surface area contributed by atoms with E-state index in [1.807, 2.05) is 0 Å². The number of hydrogen-bond acceptors (Lipinski definition) is 1. The Morgan fingerprint density at radius 2 is 1.72 bits per heavy atom. The molecular weight excluding hydrogens is 286 g/mol. The van der Waals surface area contributed by atoms with Crippen LogP contribution in [0.3, 0.4) is 0 Å². The first-order valence-corrected chi connectivity index (χ1v) is 4.85. The molecule has 0 fully saturated rings. The van der Waals surface area contributed by atoms with E-state index in [9.17, 15) is 31.1 Å². The van der Waals surface area contributed by atoms with Crippen LogP contribution < -0.4 is 0 Å². The predicted octanol–water partition coefficient (Wildman–Crippen LogP) is 3.79. The van der Waals surface area contributed by atoms with Gasteiger partial charge in [0.15, 0.2) is 0 Å². The van der Waals surface area contributed by atoms with Gasteiger partial charge in [0.1, 0.15) is 5.82 Å². The van der Waals surface area contributed by atoms with Gasteiger partial charge in [-0.1, -0.05) is 17.7 Å². The van der Waals surface area contributed by atoms with Crippen molar-refractivity contribution in [1.82, 2.24) is 0 Å². The van der Waals surface area contributed by atoms with Crippen LogP contribution in [-0.4, -0.2) is 17.9 Å². The van der Waals surface area contributed by atoms with Gasteiger partial charge in [0.05, 0.1) is 0 Å². The number of halogens is 7. The normalized spacial score (nSPS) is 12.6. The van der Waals surface area contributed by atoms with Gasteiger partial charge in [0.25, 0.3) is 0 Å². The van der Waals surface area contributed by atoms with Crippen molar-refractivity contribution in [2.75, 3.05) is 0 Å². The molecule has 0 spiro atoms. The summed E-state index contributed by atoms with van der Waals surface area (Å²) in [6.07, 6.45) is -7.19. The minimum absolute atomic E-state index is 0.299. The van der Waals surface area contributed by atoms with E-state index in [2.05, 4.69) is 0 Å². The zero-order valence-corrected chi connectivity index (χ0v) is 9.25. The molecule has 0 heterocycles. The average Bonchev–Trinajstić information content (AvgIpc) is 2.20. The Morgan fingerprint density at radius 3 is 2.17 bits per heavy atom. The summed E-state index contributed by atoms with van der Waals surface area (Å²) in [5.74, 6) is -8.59. The SMILES string of the molecule is O=C(Cc1ccc(F)cc1Cl)C(F)(F)C(F)(F)F. The van der Waals surface area contributed by atoms with Crippen LogP contribution in [0.1, 0.15) is 5.56 Å². The number of benzene rings is 1. The van der Waals surface area contributed by atoms with Crippen LogP contribution in [0.5, 0.6) is 0 Å². The number of carbonyl (C=O) groups is 1. The Hall–Kier alpha value is -1.24. The second-order valence-corrected chi connectivity index (χ2v) is 3.82. The van der Waals surface area contributed by atoms with Gasteiger partial charge in [0, 0.05) is 11.4 Å². The van der Waals surface area contributed by atoms with Crippen molar-refractivity contribution in [3.63, 3.8) is 0 Å². The third kappa shape index (κ3) is 2.95. The summed E-state index contributed by atoms with van der Waals surface area (Å²) in [6, 6.07) is 2.40. The fourth-order valence-electron chi connectivity index (χ4n) is 1.11. The number of carbonyl (C=O) groups excluding carboxylic acids is 1. The van der Waals surface area contributed by atoms with Crippen molar-refractivity contribution >= 4 is 17.4 Å². The zero-order chi connectivity index (χ0) is 14.1. The van der Waals surface area contributed by atoms with E-state index in [1.54, 1.807) is 0 Å². The third-order valence-corrected chi connectivity index (χ3v) is 2.42. The van der Waals surface area contributed by atoms with Crippen molar-refractivity contribution in [2.45, 2.75) is 18.5 Å². The van der Waals surface area contributed by atoms with Crippen LogP contribution in [0.4, 0.5) is 26.3 Å². The fourth-order valence-corrected chi connectivity index (χ4v) is 1.34. The van der Waals surface area contributed by atoms with Gasteiger partial charge in [-0.15, -0.1) is 0 Å². The second-order valence-electron chi connectivity index (χ2n) is 3.41. The lowest BCUT2D eigenvalue weighted by atomic mass is 10.0. The Labute approximate surface area is 102 Å².